The summed E-state index contributed by atoms with van der Waals surface area (Å²) < 4.78 is 6.68. The molecule has 1 aromatic carbocycles. The molecule has 0 aliphatic carbocycles. The van der Waals surface area contributed by atoms with E-state index in [9.17, 15) is 5.11 Å². The lowest BCUT2D eigenvalue weighted by Crippen LogP contribution is -2.54. The first kappa shape index (κ1) is 18.7. The van der Waals surface area contributed by atoms with Crippen molar-refractivity contribution in [2.24, 2.45) is 11.8 Å². The van der Waals surface area contributed by atoms with Gasteiger partial charge in [0.2, 0.25) is 0 Å². The maximum absolute atomic E-state index is 10.2. The van der Waals surface area contributed by atoms with Gasteiger partial charge in [-0.05, 0) is 19.1 Å². The Morgan fingerprint density at radius 2 is 2.17 bits per heavy atom. The van der Waals surface area contributed by atoms with Crippen LogP contribution in [-0.2, 0) is 11.3 Å². The third-order valence-corrected chi connectivity index (χ3v) is 7.86. The van der Waals surface area contributed by atoms with E-state index in [0.717, 1.165) is 43.9 Å². The summed E-state index contributed by atoms with van der Waals surface area (Å²) in [6.45, 7) is 6.73. The minimum atomic E-state index is -0.223. The van der Waals surface area contributed by atoms with Crippen molar-refractivity contribution in [2.75, 3.05) is 37.7 Å². The first-order chi connectivity index (χ1) is 14.6. The molecule has 1 spiro atoms. The van der Waals surface area contributed by atoms with Crippen LogP contribution in [0, 0.1) is 18.8 Å². The van der Waals surface area contributed by atoms with Gasteiger partial charge in [0.1, 0.15) is 5.60 Å². The Morgan fingerprint density at radius 1 is 1.27 bits per heavy atom. The molecule has 156 valence electrons. The number of aliphatic hydroxyl groups is 1. The lowest BCUT2D eigenvalue weighted by Gasteiger charge is -2.42. The van der Waals surface area contributed by atoms with E-state index in [1.165, 1.54) is 16.0 Å². The second-order valence-corrected chi connectivity index (χ2v) is 9.96. The summed E-state index contributed by atoms with van der Waals surface area (Å²) in [6, 6.07) is 10.6. The van der Waals surface area contributed by atoms with Gasteiger partial charge in [-0.25, -0.2) is 0 Å². The van der Waals surface area contributed by atoms with E-state index < -0.39 is 0 Å². The van der Waals surface area contributed by atoms with Gasteiger partial charge in [0.15, 0.2) is 0 Å². The Kier molecular flexibility index (Phi) is 4.35. The molecule has 3 aliphatic rings. The number of benzene rings is 1. The topological polar surface area (TPSA) is 61.7 Å². The number of nitrogens with zero attached hydrogens (tertiary/aromatic N) is 4. The van der Waals surface area contributed by atoms with Gasteiger partial charge >= 0.3 is 0 Å². The van der Waals surface area contributed by atoms with Crippen LogP contribution in [0.1, 0.15) is 10.6 Å². The number of ether oxygens (including phenoxy) is 1. The summed E-state index contributed by atoms with van der Waals surface area (Å²) in [5.41, 5.74) is 4.99. The molecule has 3 saturated heterocycles. The number of likely N-dealkylation sites (tertiary alicyclic amines) is 1. The van der Waals surface area contributed by atoms with Crippen LogP contribution in [0.25, 0.3) is 10.9 Å². The predicted molar refractivity (Wildman–Crippen MR) is 118 cm³/mol. The number of morpholine rings is 1. The second-order valence-electron chi connectivity index (χ2n) is 8.99. The largest absolute Gasteiger partial charge is 0.396 e. The molecule has 3 aromatic rings. The zero-order chi connectivity index (χ0) is 20.3. The van der Waals surface area contributed by atoms with E-state index in [1.54, 1.807) is 11.3 Å². The van der Waals surface area contributed by atoms with Crippen molar-refractivity contribution in [1.29, 1.82) is 0 Å². The molecule has 30 heavy (non-hydrogen) atoms. The van der Waals surface area contributed by atoms with Gasteiger partial charge in [0.25, 0.3) is 0 Å². The molecular formula is C23H26N4O2S. The summed E-state index contributed by atoms with van der Waals surface area (Å²) in [5, 5.41) is 11.4. The number of para-hydroxylation sites is 1. The first-order valence-electron chi connectivity index (χ1n) is 10.6. The highest BCUT2D eigenvalue weighted by molar-refractivity contribution is 7.09. The molecule has 0 radical (unpaired) electrons. The van der Waals surface area contributed by atoms with Crippen LogP contribution in [0.4, 0.5) is 5.69 Å². The van der Waals surface area contributed by atoms with E-state index in [0.29, 0.717) is 5.92 Å². The fraction of sp³-hybridized carbons (Fsp3) is 0.478. The van der Waals surface area contributed by atoms with Crippen molar-refractivity contribution in [2.45, 2.75) is 25.2 Å². The first-order valence-corrected chi connectivity index (χ1v) is 11.5. The number of aromatic nitrogens is 2. The second kappa shape index (κ2) is 6.99. The van der Waals surface area contributed by atoms with E-state index >= 15 is 0 Å². The number of anilines is 1. The summed E-state index contributed by atoms with van der Waals surface area (Å²) >= 11 is 1.71. The lowest BCUT2D eigenvalue weighted by molar-refractivity contribution is -0.0644. The van der Waals surface area contributed by atoms with Crippen molar-refractivity contribution in [1.82, 2.24) is 14.9 Å². The third-order valence-electron chi connectivity index (χ3n) is 7.10. The van der Waals surface area contributed by atoms with Gasteiger partial charge < -0.3 is 14.7 Å². The molecule has 4 atom stereocenters. The van der Waals surface area contributed by atoms with E-state index in [1.807, 2.05) is 17.8 Å². The molecule has 2 aromatic heterocycles. The lowest BCUT2D eigenvalue weighted by atomic mass is 9.83. The van der Waals surface area contributed by atoms with Crippen molar-refractivity contribution < 1.29 is 9.84 Å². The highest BCUT2D eigenvalue weighted by Crippen LogP contribution is 2.50. The summed E-state index contributed by atoms with van der Waals surface area (Å²) in [6.07, 6.45) is 2.04. The normalized spacial score (nSPS) is 30.9. The fourth-order valence-electron chi connectivity index (χ4n) is 5.92. The third kappa shape index (κ3) is 2.87. The smallest absolute Gasteiger partial charge is 0.103 e. The number of hydrogen-bond acceptors (Lipinski definition) is 7. The summed E-state index contributed by atoms with van der Waals surface area (Å²) in [4.78, 5) is 15.2. The number of aliphatic hydroxyl groups excluding tert-OH is 1. The van der Waals surface area contributed by atoms with Crippen molar-refractivity contribution in [3.63, 3.8) is 0 Å². The van der Waals surface area contributed by atoms with Gasteiger partial charge in [-0.15, -0.1) is 11.3 Å². The molecule has 1 N–H and O–H groups in total. The van der Waals surface area contributed by atoms with Gasteiger partial charge in [0.05, 0.1) is 17.1 Å². The standard InChI is InChI=1S/C23H26N4O2S/c1-15-6-21(17-4-2-3-5-20(17)25-15)27-10-22-18(11-28)19-9-26(8-16-7-24-14-30-16)12-23(19,13-27)29-22/h2-7,14,18-19,22,28H,8-13H2,1H3/t18-,19+,22+,23-/m0/s1. The number of rotatable bonds is 4. The number of hydrogen-bond donors (Lipinski definition) is 1. The van der Waals surface area contributed by atoms with E-state index in [4.69, 9.17) is 9.72 Å². The van der Waals surface area contributed by atoms with E-state index in [-0.39, 0.29) is 24.2 Å². The van der Waals surface area contributed by atoms with Crippen LogP contribution in [0.3, 0.4) is 0 Å². The molecule has 0 unspecified atom stereocenters. The van der Waals surface area contributed by atoms with Gasteiger partial charge in [-0.1, -0.05) is 18.2 Å². The molecule has 3 aliphatic heterocycles. The van der Waals surface area contributed by atoms with Crippen molar-refractivity contribution in [3.05, 3.63) is 52.6 Å². The Labute approximate surface area is 180 Å². The molecule has 6 nitrogen and oxygen atoms in total. The molecule has 3 fully saturated rings. The van der Waals surface area contributed by atoms with Crippen LogP contribution in [-0.4, -0.2) is 64.5 Å². The molecule has 0 saturated carbocycles. The quantitative estimate of drug-likeness (QED) is 0.698. The van der Waals surface area contributed by atoms with Crippen LogP contribution < -0.4 is 4.90 Å². The SMILES string of the molecule is Cc1cc(N2C[C@H]3O[C@@]4(CN(Cc5cncs5)C[C@@H]4[C@@H]3CO)C2)c2ccccc2n1. The maximum atomic E-state index is 10.2. The molecule has 7 heteroatoms. The number of aryl methyl sites for hydroxylation is 1. The van der Waals surface area contributed by atoms with Gasteiger partial charge in [-0.2, -0.15) is 0 Å². The summed E-state index contributed by atoms with van der Waals surface area (Å²) in [5.74, 6) is 0.551. The zero-order valence-corrected chi connectivity index (χ0v) is 17.9. The van der Waals surface area contributed by atoms with Gasteiger partial charge in [-0.3, -0.25) is 14.9 Å². The minimum absolute atomic E-state index is 0.0755. The van der Waals surface area contributed by atoms with Crippen LogP contribution in [0.2, 0.25) is 0 Å². The maximum Gasteiger partial charge on any atom is 0.103 e. The predicted octanol–water partition coefficient (Wildman–Crippen LogP) is 2.70. The average Bonchev–Trinajstić information content (AvgIpc) is 3.40. The Bertz CT molecular complexity index is 1070. The van der Waals surface area contributed by atoms with Crippen LogP contribution >= 0.6 is 11.3 Å². The van der Waals surface area contributed by atoms with E-state index in [2.05, 4.69) is 46.0 Å². The molecule has 5 heterocycles. The minimum Gasteiger partial charge on any atom is -0.396 e. The number of fused-ring (bicyclic) bond motifs is 2. The molecular weight excluding hydrogens is 396 g/mol. The molecule has 2 bridgehead atoms. The Hall–Kier alpha value is -2.06. The van der Waals surface area contributed by atoms with Crippen LogP contribution in [0.15, 0.2) is 42.0 Å². The number of pyridine rings is 1. The molecule has 0 amide bonds. The van der Waals surface area contributed by atoms with Gasteiger partial charge in [0, 0.05) is 79.0 Å². The highest BCUT2D eigenvalue weighted by atomic mass is 32.1. The average molecular weight is 423 g/mol. The Morgan fingerprint density at radius 3 is 3.00 bits per heavy atom. The number of thiazole rings is 1. The Balaban J connectivity index is 1.35. The fourth-order valence-corrected chi connectivity index (χ4v) is 6.56. The zero-order valence-electron chi connectivity index (χ0n) is 17.1. The highest BCUT2D eigenvalue weighted by Gasteiger charge is 2.62. The molecule has 6 rings (SSSR count). The van der Waals surface area contributed by atoms with Crippen molar-refractivity contribution in [3.8, 4) is 0 Å². The monoisotopic (exact) mass is 422 g/mol. The summed E-state index contributed by atoms with van der Waals surface area (Å²) in [7, 11) is 0. The van der Waals surface area contributed by atoms with Crippen LogP contribution in [0.5, 0.6) is 0 Å². The van der Waals surface area contributed by atoms with Crippen molar-refractivity contribution >= 4 is 27.9 Å².